The van der Waals surface area contributed by atoms with Crippen LogP contribution in [0.15, 0.2) is 121 Å². The molecule has 0 fully saturated rings. The maximum Gasteiger partial charge on any atom is 0.434 e. The smallest absolute Gasteiger partial charge is 0.434 e. The van der Waals surface area contributed by atoms with Crippen molar-refractivity contribution in [3.05, 3.63) is 144 Å². The molecule has 2 heterocycles. The van der Waals surface area contributed by atoms with E-state index in [0.29, 0.717) is 12.8 Å². The van der Waals surface area contributed by atoms with Gasteiger partial charge in [-0.05, 0) is 111 Å². The van der Waals surface area contributed by atoms with Crippen molar-refractivity contribution in [2.75, 3.05) is 54.9 Å². The van der Waals surface area contributed by atoms with Crippen molar-refractivity contribution in [2.45, 2.75) is 101 Å². The zero-order valence-electron chi connectivity index (χ0n) is 56.7. The van der Waals surface area contributed by atoms with Gasteiger partial charge in [0.15, 0.2) is 0 Å². The molecule has 0 radical (unpaired) electrons. The highest BCUT2D eigenvalue weighted by Crippen LogP contribution is 2.59. The van der Waals surface area contributed by atoms with Gasteiger partial charge >= 0.3 is 36.6 Å². The number of halogens is 12. The summed E-state index contributed by atoms with van der Waals surface area (Å²) in [5, 5.41) is -2.37. The van der Waals surface area contributed by atoms with Crippen molar-refractivity contribution in [3.63, 3.8) is 0 Å². The van der Waals surface area contributed by atoms with E-state index in [-0.39, 0.29) is 127 Å². The lowest BCUT2D eigenvalue weighted by Crippen LogP contribution is -2.54. The predicted molar refractivity (Wildman–Crippen MR) is 353 cm³/mol. The molecular weight excluding hydrogens is 1430 g/mol. The number of carbonyl (C=O) groups excluding carboxylic acids is 6. The molecule has 20 nitrogen and oxygen atoms in total. The second-order valence-electron chi connectivity index (χ2n) is 24.1. The normalized spacial score (nSPS) is 14.0. The summed E-state index contributed by atoms with van der Waals surface area (Å²) in [5.74, 6) is -12.6. The SMILES string of the molecule is CCCOCCCC(C(=O)OC(C(F)(F)F)C(F)(F)F)N1C(=O)c2cc(Oc3cccc(OC)c3)c3c4c(Oc5cccc(OC)c5)cc5c6c(cc(Oc7cccc(OC)c7)c(c7c(Oc8cccc(OC)c8)cc(c2c37)C1=O)c64)C(=O)N(C(CCCOCCC)C(=O)OC(C(F)(F)F)C(F)(F)F)C5=O. The molecule has 32 heteroatoms. The summed E-state index contributed by atoms with van der Waals surface area (Å²) in [7, 11) is 5.21. The number of hydrogen-bond donors (Lipinski definition) is 0. The van der Waals surface area contributed by atoms with Crippen LogP contribution < -0.4 is 37.9 Å². The molecule has 0 aliphatic carbocycles. The molecule has 9 aromatic carbocycles. The van der Waals surface area contributed by atoms with E-state index < -0.39 is 153 Å². The number of methoxy groups -OCH3 is 4. The first-order valence-corrected chi connectivity index (χ1v) is 32.6. The average molecular weight is 1500 g/mol. The lowest BCUT2D eigenvalue weighted by molar-refractivity contribution is -0.314. The number of hydrogen-bond acceptors (Lipinski definition) is 18. The van der Waals surface area contributed by atoms with Crippen molar-refractivity contribution in [1.29, 1.82) is 0 Å². The lowest BCUT2D eigenvalue weighted by Gasteiger charge is -2.36. The molecule has 2 atom stereocenters. The van der Waals surface area contributed by atoms with Gasteiger partial charge < -0.3 is 56.8 Å². The molecule has 0 saturated carbocycles. The maximum atomic E-state index is 16.0. The van der Waals surface area contributed by atoms with Crippen LogP contribution in [0.5, 0.6) is 69.0 Å². The number of nitrogens with zero attached hydrogens (tertiary/aromatic N) is 2. The number of amides is 4. The third-order valence-electron chi connectivity index (χ3n) is 17.1. The number of carbonyl (C=O) groups is 6. The van der Waals surface area contributed by atoms with Crippen LogP contribution in [0.2, 0.25) is 0 Å². The zero-order valence-corrected chi connectivity index (χ0v) is 56.7. The molecule has 9 aromatic rings. The van der Waals surface area contributed by atoms with Gasteiger partial charge in [0.2, 0.25) is 0 Å². The third-order valence-corrected chi connectivity index (χ3v) is 17.1. The van der Waals surface area contributed by atoms with Gasteiger partial charge in [-0.2, -0.15) is 52.7 Å². The number of alkyl halides is 12. The highest BCUT2D eigenvalue weighted by atomic mass is 19.4. The molecule has 106 heavy (non-hydrogen) atoms. The van der Waals surface area contributed by atoms with Gasteiger partial charge in [0.25, 0.3) is 35.8 Å². The molecule has 2 aliphatic rings. The van der Waals surface area contributed by atoms with Crippen LogP contribution >= 0.6 is 0 Å². The highest BCUT2D eigenvalue weighted by molar-refractivity contribution is 6.45. The fourth-order valence-electron chi connectivity index (χ4n) is 12.6. The minimum absolute atomic E-state index is 0.0889. The summed E-state index contributed by atoms with van der Waals surface area (Å²) in [5.41, 5.74) is -2.55. The van der Waals surface area contributed by atoms with Crippen molar-refractivity contribution >= 4 is 78.7 Å². The second-order valence-corrected chi connectivity index (χ2v) is 24.1. The molecule has 560 valence electrons. The van der Waals surface area contributed by atoms with Crippen LogP contribution in [0.1, 0.15) is 93.8 Å². The van der Waals surface area contributed by atoms with Crippen LogP contribution in [0.25, 0.3) is 43.1 Å². The molecule has 11 rings (SSSR count). The molecule has 0 bridgehead atoms. The van der Waals surface area contributed by atoms with Crippen LogP contribution in [0.4, 0.5) is 52.7 Å². The van der Waals surface area contributed by atoms with E-state index in [0.717, 1.165) is 24.3 Å². The van der Waals surface area contributed by atoms with Gasteiger partial charge in [0.1, 0.15) is 81.1 Å². The van der Waals surface area contributed by atoms with Crippen LogP contribution in [0, 0.1) is 0 Å². The van der Waals surface area contributed by atoms with E-state index in [4.69, 9.17) is 47.4 Å². The fraction of sp³-hybridized carbons (Fsp3) is 0.324. The van der Waals surface area contributed by atoms with Gasteiger partial charge in [-0.3, -0.25) is 29.0 Å². The topological polar surface area (TPSA) is 220 Å². The molecule has 2 aliphatic heterocycles. The van der Waals surface area contributed by atoms with Crippen molar-refractivity contribution in [1.82, 2.24) is 9.80 Å². The van der Waals surface area contributed by atoms with Gasteiger partial charge in [0, 0.05) is 93.8 Å². The Morgan fingerprint density at radius 3 is 0.821 bits per heavy atom. The Bertz CT molecular complexity index is 4310. The standard InChI is InChI=1S/C74H62F12N2O18/c1-7-25-99-27-13-23-49(67(93)105-69(71(75,76)77)72(78,79)80)87-63(89)45-33-51(101-41-19-9-15-37(29-41)95-3)57-59-53(103-43-21-11-17-39(31-43)97-5)35-47-56-48(66(92)88(65(47)91)50(24-14-28-100-26-8-2)68(94)106-70(73(81,82)83)74(84,85)86)36-54(104-44-22-12-18-40(32-44)98-6)60(62(56)59)58-52(34-46(64(87)90)55(45)61(57)58)102-42-20-10-16-38(30-42)96-4/h9-12,15-22,29-36,49-50,69-70H,7-8,13-14,23-28H2,1-6H3. The molecule has 4 amide bonds. The molecule has 0 saturated heterocycles. The van der Waals surface area contributed by atoms with Gasteiger partial charge in [-0.15, -0.1) is 0 Å². The molecule has 0 spiro atoms. The van der Waals surface area contributed by atoms with E-state index in [2.05, 4.69) is 9.47 Å². The predicted octanol–water partition coefficient (Wildman–Crippen LogP) is 17.4. The minimum Gasteiger partial charge on any atom is -0.497 e. The first-order chi connectivity index (χ1) is 50.3. The Labute approximate surface area is 593 Å². The number of rotatable bonds is 30. The fourth-order valence-corrected chi connectivity index (χ4v) is 12.6. The number of ether oxygens (including phenoxy) is 12. The average Bonchev–Trinajstić information content (AvgIpc) is 0.671. The summed E-state index contributed by atoms with van der Waals surface area (Å²) in [6.07, 6.45) is -36.3. The van der Waals surface area contributed by atoms with Crippen molar-refractivity contribution < 1.29 is 138 Å². The number of benzene rings is 9. The lowest BCUT2D eigenvalue weighted by atomic mass is 9.80. The van der Waals surface area contributed by atoms with Crippen molar-refractivity contribution in [2.24, 2.45) is 0 Å². The maximum absolute atomic E-state index is 16.0. The van der Waals surface area contributed by atoms with Gasteiger partial charge in [0.05, 0.1) is 50.7 Å². The van der Waals surface area contributed by atoms with Gasteiger partial charge in [-0.1, -0.05) is 38.1 Å². The molecule has 0 aromatic heterocycles. The van der Waals surface area contributed by atoms with Crippen LogP contribution in [-0.2, 0) is 28.5 Å². The van der Waals surface area contributed by atoms with E-state index in [1.165, 1.54) is 126 Å². The second kappa shape index (κ2) is 30.6. The van der Waals surface area contributed by atoms with Crippen molar-refractivity contribution in [3.8, 4) is 69.0 Å². The first kappa shape index (κ1) is 76.1. The minimum atomic E-state index is -6.29. The monoisotopic (exact) mass is 1490 g/mol. The summed E-state index contributed by atoms with van der Waals surface area (Å²) in [6, 6.07) is 21.8. The van der Waals surface area contributed by atoms with E-state index in [1.54, 1.807) is 13.8 Å². The quantitative estimate of drug-likeness (QED) is 0.0102. The number of fused-ring (bicyclic) bond motifs is 2. The van der Waals surface area contributed by atoms with Gasteiger partial charge in [-0.25, -0.2) is 9.59 Å². The summed E-state index contributed by atoms with van der Waals surface area (Å²) in [6.45, 7) is 3.01. The Hall–Kier alpha value is -11.0. The first-order valence-electron chi connectivity index (χ1n) is 32.6. The van der Waals surface area contributed by atoms with Crippen LogP contribution in [-0.4, -0.2) is 149 Å². The Morgan fingerprint density at radius 2 is 0.594 bits per heavy atom. The van der Waals surface area contributed by atoms with Crippen LogP contribution in [0.3, 0.4) is 0 Å². The molecule has 2 unspecified atom stereocenters. The van der Waals surface area contributed by atoms with E-state index >= 15 is 19.2 Å². The third kappa shape index (κ3) is 15.3. The summed E-state index contributed by atoms with van der Waals surface area (Å²) >= 11 is 0. The summed E-state index contributed by atoms with van der Waals surface area (Å²) < 4.78 is 242. The highest BCUT2D eigenvalue weighted by Gasteiger charge is 2.62. The number of imide groups is 2. The Balaban J connectivity index is 1.32. The largest absolute Gasteiger partial charge is 0.497 e. The molecular formula is C74H62F12N2O18. The molecule has 0 N–H and O–H groups in total. The zero-order chi connectivity index (χ0) is 76.5. The summed E-state index contributed by atoms with van der Waals surface area (Å²) in [4.78, 5) is 93.3. The van der Waals surface area contributed by atoms with E-state index in [1.807, 2.05) is 0 Å². The Kier molecular flexibility index (Phi) is 22.0. The Morgan fingerprint density at radius 1 is 0.349 bits per heavy atom. The van der Waals surface area contributed by atoms with E-state index in [9.17, 15) is 62.3 Å². The number of esters is 2.